The maximum Gasteiger partial charge on any atom is 0.343 e. The minimum absolute atomic E-state index is 0.0716. The Morgan fingerprint density at radius 2 is 1.34 bits per heavy atom. The molecule has 2 unspecified atom stereocenters. The van der Waals surface area contributed by atoms with Gasteiger partial charge < -0.3 is 18.9 Å². The van der Waals surface area contributed by atoms with Gasteiger partial charge in [-0.1, -0.05) is 56.3 Å². The van der Waals surface area contributed by atoms with E-state index < -0.39 is 11.9 Å². The van der Waals surface area contributed by atoms with Crippen LogP contribution in [0.5, 0.6) is 11.5 Å². The van der Waals surface area contributed by atoms with Crippen molar-refractivity contribution < 1.29 is 33.3 Å². The Balaban J connectivity index is 1.41. The standard InChI is InChI=1S/C31H34O7/c1-4-23(30(33)35-5-2)21-22(3)29(32)37-20-19-36-27-15-13-26(14-16-27)31(34)38-28-17-11-25(12-18-28)24-9-7-6-8-10-24/h6-18,22-23H,4-5,19-21H2,1-3H3. The third-order valence-electron chi connectivity index (χ3n) is 6.01. The zero-order chi connectivity index (χ0) is 27.3. The Bertz CT molecular complexity index is 1170. The van der Waals surface area contributed by atoms with Crippen LogP contribution in [0.25, 0.3) is 11.1 Å². The number of benzene rings is 3. The van der Waals surface area contributed by atoms with Crippen LogP contribution < -0.4 is 9.47 Å². The third kappa shape index (κ3) is 8.47. The monoisotopic (exact) mass is 518 g/mol. The Kier molecular flexibility index (Phi) is 10.9. The summed E-state index contributed by atoms with van der Waals surface area (Å²) in [4.78, 5) is 36.7. The molecule has 0 radical (unpaired) electrons. The van der Waals surface area contributed by atoms with Crippen LogP contribution in [0.2, 0.25) is 0 Å². The van der Waals surface area contributed by atoms with Crippen molar-refractivity contribution in [2.45, 2.75) is 33.6 Å². The van der Waals surface area contributed by atoms with Gasteiger partial charge in [-0.2, -0.15) is 0 Å². The van der Waals surface area contributed by atoms with E-state index >= 15 is 0 Å². The second kappa shape index (κ2) is 14.6. The van der Waals surface area contributed by atoms with E-state index in [1.54, 1.807) is 50.2 Å². The van der Waals surface area contributed by atoms with Gasteiger partial charge in [-0.15, -0.1) is 0 Å². The van der Waals surface area contributed by atoms with E-state index in [0.717, 1.165) is 11.1 Å². The van der Waals surface area contributed by atoms with Gasteiger partial charge in [-0.05, 0) is 67.3 Å². The predicted molar refractivity (Wildman–Crippen MR) is 144 cm³/mol. The lowest BCUT2D eigenvalue weighted by Gasteiger charge is -2.17. The number of carbonyl (C=O) groups is 3. The summed E-state index contributed by atoms with van der Waals surface area (Å²) in [5.41, 5.74) is 2.51. The molecule has 0 amide bonds. The van der Waals surface area contributed by atoms with E-state index in [0.29, 0.717) is 36.5 Å². The Hall–Kier alpha value is -4.13. The van der Waals surface area contributed by atoms with Gasteiger partial charge in [0.1, 0.15) is 24.7 Å². The van der Waals surface area contributed by atoms with Crippen LogP contribution in [-0.2, 0) is 19.1 Å². The van der Waals surface area contributed by atoms with Gasteiger partial charge >= 0.3 is 17.9 Å². The zero-order valence-corrected chi connectivity index (χ0v) is 22.1. The van der Waals surface area contributed by atoms with E-state index in [2.05, 4.69) is 0 Å². The fourth-order valence-electron chi connectivity index (χ4n) is 3.86. The normalized spacial score (nSPS) is 12.2. The van der Waals surface area contributed by atoms with E-state index in [9.17, 15) is 14.4 Å². The molecule has 0 aliphatic heterocycles. The molecule has 0 aromatic heterocycles. The topological polar surface area (TPSA) is 88.1 Å². The van der Waals surface area contributed by atoms with Crippen LogP contribution in [0.4, 0.5) is 0 Å². The molecule has 0 aliphatic carbocycles. The van der Waals surface area contributed by atoms with Crippen molar-refractivity contribution in [3.63, 3.8) is 0 Å². The van der Waals surface area contributed by atoms with Gasteiger partial charge in [0.05, 0.1) is 24.0 Å². The molecule has 2 atom stereocenters. The van der Waals surface area contributed by atoms with Crippen molar-refractivity contribution in [2.75, 3.05) is 19.8 Å². The first-order valence-corrected chi connectivity index (χ1v) is 12.8. The second-order valence-electron chi connectivity index (χ2n) is 8.81. The van der Waals surface area contributed by atoms with E-state index in [1.807, 2.05) is 49.4 Å². The van der Waals surface area contributed by atoms with Gasteiger partial charge in [0.15, 0.2) is 0 Å². The van der Waals surface area contributed by atoms with Crippen molar-refractivity contribution >= 4 is 17.9 Å². The molecule has 0 spiro atoms. The molecule has 3 rings (SSSR count). The first kappa shape index (κ1) is 28.4. The highest BCUT2D eigenvalue weighted by Gasteiger charge is 2.25. The van der Waals surface area contributed by atoms with Crippen molar-refractivity contribution in [3.05, 3.63) is 84.4 Å². The lowest BCUT2D eigenvalue weighted by molar-refractivity contribution is -0.152. The lowest BCUT2D eigenvalue weighted by Crippen LogP contribution is -2.25. The fraction of sp³-hybridized carbons (Fsp3) is 0.323. The summed E-state index contributed by atoms with van der Waals surface area (Å²) >= 11 is 0. The van der Waals surface area contributed by atoms with Crippen LogP contribution in [0.15, 0.2) is 78.9 Å². The van der Waals surface area contributed by atoms with E-state index in [4.69, 9.17) is 18.9 Å². The minimum atomic E-state index is -0.472. The van der Waals surface area contributed by atoms with Gasteiger partial charge in [-0.25, -0.2) is 4.79 Å². The summed E-state index contributed by atoms with van der Waals surface area (Å²) in [6.45, 7) is 5.93. The molecule has 0 bridgehead atoms. The number of hydrogen-bond donors (Lipinski definition) is 0. The summed E-state index contributed by atoms with van der Waals surface area (Å²) in [7, 11) is 0. The lowest BCUT2D eigenvalue weighted by atomic mass is 9.94. The number of esters is 3. The molecular formula is C31H34O7. The highest BCUT2D eigenvalue weighted by atomic mass is 16.6. The molecule has 38 heavy (non-hydrogen) atoms. The van der Waals surface area contributed by atoms with Crippen LogP contribution in [0.1, 0.15) is 44.0 Å². The largest absolute Gasteiger partial charge is 0.490 e. The molecule has 0 saturated heterocycles. The Morgan fingerprint density at radius 1 is 0.711 bits per heavy atom. The van der Waals surface area contributed by atoms with Crippen LogP contribution in [0.3, 0.4) is 0 Å². The van der Waals surface area contributed by atoms with Crippen molar-refractivity contribution in [1.82, 2.24) is 0 Å². The molecule has 7 heteroatoms. The summed E-state index contributed by atoms with van der Waals surface area (Å²) < 4.78 is 21.4. The van der Waals surface area contributed by atoms with E-state index in [-0.39, 0.29) is 31.1 Å². The van der Waals surface area contributed by atoms with Gasteiger partial charge in [0.25, 0.3) is 0 Å². The fourth-order valence-corrected chi connectivity index (χ4v) is 3.86. The summed E-state index contributed by atoms with van der Waals surface area (Å²) in [6.07, 6.45) is 0.980. The molecule has 7 nitrogen and oxygen atoms in total. The number of rotatable bonds is 13. The molecule has 0 heterocycles. The van der Waals surface area contributed by atoms with Crippen molar-refractivity contribution in [3.8, 4) is 22.6 Å². The number of hydrogen-bond acceptors (Lipinski definition) is 7. The molecule has 0 N–H and O–H groups in total. The van der Waals surface area contributed by atoms with Crippen molar-refractivity contribution in [2.24, 2.45) is 11.8 Å². The second-order valence-corrected chi connectivity index (χ2v) is 8.81. The Labute approximate surface area is 223 Å². The van der Waals surface area contributed by atoms with Crippen molar-refractivity contribution in [1.29, 1.82) is 0 Å². The zero-order valence-electron chi connectivity index (χ0n) is 22.1. The SMILES string of the molecule is CCOC(=O)C(CC)CC(C)C(=O)OCCOc1ccc(C(=O)Oc2ccc(-c3ccccc3)cc2)cc1. The minimum Gasteiger partial charge on any atom is -0.490 e. The maximum absolute atomic E-state index is 12.5. The average molecular weight is 519 g/mol. The summed E-state index contributed by atoms with van der Waals surface area (Å²) in [5.74, 6) is -0.903. The molecule has 3 aromatic rings. The van der Waals surface area contributed by atoms with E-state index in [1.165, 1.54) is 0 Å². The first-order chi connectivity index (χ1) is 18.4. The average Bonchev–Trinajstić information content (AvgIpc) is 2.95. The molecule has 0 aliphatic rings. The summed E-state index contributed by atoms with van der Waals surface area (Å²) in [5, 5.41) is 0. The number of ether oxygens (including phenoxy) is 4. The molecule has 3 aromatic carbocycles. The van der Waals surface area contributed by atoms with Gasteiger partial charge in [0.2, 0.25) is 0 Å². The predicted octanol–water partition coefficient (Wildman–Crippen LogP) is 6.11. The molecule has 0 saturated carbocycles. The van der Waals surface area contributed by atoms with Gasteiger partial charge in [-0.3, -0.25) is 9.59 Å². The van der Waals surface area contributed by atoms with Crippen LogP contribution >= 0.6 is 0 Å². The maximum atomic E-state index is 12.5. The first-order valence-electron chi connectivity index (χ1n) is 12.8. The quantitative estimate of drug-likeness (QED) is 0.153. The molecular weight excluding hydrogens is 484 g/mol. The molecule has 0 fully saturated rings. The highest BCUT2D eigenvalue weighted by molar-refractivity contribution is 5.91. The Morgan fingerprint density at radius 3 is 1.97 bits per heavy atom. The smallest absolute Gasteiger partial charge is 0.343 e. The summed E-state index contributed by atoms with van der Waals surface area (Å²) in [6, 6.07) is 23.8. The third-order valence-corrected chi connectivity index (χ3v) is 6.01. The molecule has 200 valence electrons. The number of carbonyl (C=O) groups excluding carboxylic acids is 3. The van der Waals surface area contributed by atoms with Crippen LogP contribution in [0, 0.1) is 11.8 Å². The van der Waals surface area contributed by atoms with Crippen LogP contribution in [-0.4, -0.2) is 37.7 Å². The highest BCUT2D eigenvalue weighted by Crippen LogP contribution is 2.23. The van der Waals surface area contributed by atoms with Gasteiger partial charge in [0, 0.05) is 0 Å².